The number of rotatable bonds is 4. The van der Waals surface area contributed by atoms with E-state index in [1.807, 2.05) is 13.0 Å². The summed E-state index contributed by atoms with van der Waals surface area (Å²) in [5.41, 5.74) is 7.43. The van der Waals surface area contributed by atoms with E-state index in [1.54, 1.807) is 6.20 Å². The summed E-state index contributed by atoms with van der Waals surface area (Å²) in [5, 5.41) is 0.835. The molecule has 0 aliphatic carbocycles. The van der Waals surface area contributed by atoms with Crippen LogP contribution in [0.5, 0.6) is 0 Å². The summed E-state index contributed by atoms with van der Waals surface area (Å²) < 4.78 is 4.53. The molecule has 1 aromatic heterocycles. The van der Waals surface area contributed by atoms with E-state index in [0.29, 0.717) is 12.2 Å². The van der Waals surface area contributed by atoms with Gasteiger partial charge in [-0.2, -0.15) is 0 Å². The van der Waals surface area contributed by atoms with Gasteiger partial charge in [0.25, 0.3) is 0 Å². The first-order valence-electron chi connectivity index (χ1n) is 4.55. The van der Waals surface area contributed by atoms with Gasteiger partial charge in [-0.3, -0.25) is 4.79 Å². The normalized spacial score (nSPS) is 10.0. The molecule has 0 fully saturated rings. The second-order valence-electron chi connectivity index (χ2n) is 3.05. The predicted octanol–water partition coefficient (Wildman–Crippen LogP) is 1.63. The van der Waals surface area contributed by atoms with Crippen molar-refractivity contribution in [3.8, 4) is 0 Å². The molecule has 2 N–H and O–H groups in total. The van der Waals surface area contributed by atoms with Gasteiger partial charge in [0.1, 0.15) is 0 Å². The maximum atomic E-state index is 10.8. The molecule has 15 heavy (non-hydrogen) atoms. The summed E-state index contributed by atoms with van der Waals surface area (Å²) in [7, 11) is 1.38. The SMILES string of the molecule is COC(=O)CCSc1cc(N)c(C)cn1. The Labute approximate surface area is 93.2 Å². The van der Waals surface area contributed by atoms with E-state index in [4.69, 9.17) is 5.73 Å². The number of thioether (sulfide) groups is 1. The lowest BCUT2D eigenvalue weighted by molar-refractivity contribution is -0.140. The number of carbonyl (C=O) groups excluding carboxylic acids is 1. The van der Waals surface area contributed by atoms with E-state index in [-0.39, 0.29) is 5.97 Å². The third-order valence-corrected chi connectivity index (χ3v) is 2.83. The van der Waals surface area contributed by atoms with Crippen LogP contribution in [-0.4, -0.2) is 23.8 Å². The topological polar surface area (TPSA) is 65.2 Å². The first-order valence-corrected chi connectivity index (χ1v) is 5.53. The molecule has 1 aromatic rings. The molecule has 0 bridgehead atoms. The Morgan fingerprint density at radius 2 is 2.40 bits per heavy atom. The first kappa shape index (κ1) is 11.8. The van der Waals surface area contributed by atoms with Crippen LogP contribution in [0, 0.1) is 6.92 Å². The number of ether oxygens (including phenoxy) is 1. The number of nitrogen functional groups attached to an aromatic ring is 1. The van der Waals surface area contributed by atoms with Crippen molar-refractivity contribution in [3.05, 3.63) is 17.8 Å². The largest absolute Gasteiger partial charge is 0.469 e. The Bertz CT molecular complexity index is 355. The molecular weight excluding hydrogens is 212 g/mol. The number of hydrogen-bond donors (Lipinski definition) is 1. The van der Waals surface area contributed by atoms with E-state index in [9.17, 15) is 4.79 Å². The summed E-state index contributed by atoms with van der Waals surface area (Å²) in [6.45, 7) is 1.91. The summed E-state index contributed by atoms with van der Waals surface area (Å²) in [6.07, 6.45) is 2.12. The third kappa shape index (κ3) is 3.79. The van der Waals surface area contributed by atoms with Crippen LogP contribution in [0.1, 0.15) is 12.0 Å². The molecule has 5 heteroatoms. The van der Waals surface area contributed by atoms with E-state index < -0.39 is 0 Å². The fourth-order valence-corrected chi connectivity index (χ4v) is 1.75. The van der Waals surface area contributed by atoms with Crippen molar-refractivity contribution in [2.45, 2.75) is 18.4 Å². The zero-order valence-corrected chi connectivity index (χ0v) is 9.63. The maximum Gasteiger partial charge on any atom is 0.306 e. The van der Waals surface area contributed by atoms with Crippen LogP contribution in [0.2, 0.25) is 0 Å². The molecule has 1 rings (SSSR count). The van der Waals surface area contributed by atoms with Gasteiger partial charge in [0, 0.05) is 17.6 Å². The highest BCUT2D eigenvalue weighted by Gasteiger charge is 2.03. The van der Waals surface area contributed by atoms with Gasteiger partial charge in [0.15, 0.2) is 0 Å². The van der Waals surface area contributed by atoms with Crippen molar-refractivity contribution in [3.63, 3.8) is 0 Å². The van der Waals surface area contributed by atoms with Gasteiger partial charge < -0.3 is 10.5 Å². The molecule has 1 heterocycles. The monoisotopic (exact) mass is 226 g/mol. The van der Waals surface area contributed by atoms with Gasteiger partial charge >= 0.3 is 5.97 Å². The lowest BCUT2D eigenvalue weighted by atomic mass is 10.3. The molecule has 0 aliphatic heterocycles. The molecule has 0 radical (unpaired) electrons. The van der Waals surface area contributed by atoms with Crippen molar-refractivity contribution in [2.75, 3.05) is 18.6 Å². The Morgan fingerprint density at radius 1 is 1.67 bits per heavy atom. The fourth-order valence-electron chi connectivity index (χ4n) is 0.939. The van der Waals surface area contributed by atoms with Crippen molar-refractivity contribution < 1.29 is 9.53 Å². The van der Waals surface area contributed by atoms with Crippen molar-refractivity contribution in [1.29, 1.82) is 0 Å². The summed E-state index contributed by atoms with van der Waals surface area (Å²) in [6, 6.07) is 1.82. The number of esters is 1. The second-order valence-corrected chi connectivity index (χ2v) is 4.17. The molecule has 0 unspecified atom stereocenters. The number of pyridine rings is 1. The van der Waals surface area contributed by atoms with Crippen LogP contribution in [0.4, 0.5) is 5.69 Å². The predicted molar refractivity (Wildman–Crippen MR) is 60.7 cm³/mol. The molecule has 0 saturated heterocycles. The Kier molecular flexibility index (Phi) is 4.42. The molecule has 4 nitrogen and oxygen atoms in total. The minimum Gasteiger partial charge on any atom is -0.469 e. The third-order valence-electron chi connectivity index (χ3n) is 1.90. The average molecular weight is 226 g/mol. The van der Waals surface area contributed by atoms with Crippen molar-refractivity contribution >= 4 is 23.4 Å². The number of nitrogens with zero attached hydrogens (tertiary/aromatic N) is 1. The Morgan fingerprint density at radius 3 is 3.00 bits per heavy atom. The maximum absolute atomic E-state index is 10.8. The lowest BCUT2D eigenvalue weighted by Crippen LogP contribution is -2.01. The zero-order chi connectivity index (χ0) is 11.3. The van der Waals surface area contributed by atoms with Gasteiger partial charge in [0.05, 0.1) is 18.6 Å². The molecular formula is C10H14N2O2S. The van der Waals surface area contributed by atoms with Gasteiger partial charge in [0.2, 0.25) is 0 Å². The van der Waals surface area contributed by atoms with Crippen molar-refractivity contribution in [2.24, 2.45) is 0 Å². The van der Waals surface area contributed by atoms with E-state index in [1.165, 1.54) is 18.9 Å². The zero-order valence-electron chi connectivity index (χ0n) is 8.82. The van der Waals surface area contributed by atoms with Crippen molar-refractivity contribution in [1.82, 2.24) is 4.98 Å². The van der Waals surface area contributed by atoms with E-state index >= 15 is 0 Å². The van der Waals surface area contributed by atoms with Crippen LogP contribution in [0.3, 0.4) is 0 Å². The smallest absolute Gasteiger partial charge is 0.306 e. The van der Waals surface area contributed by atoms with Crippen LogP contribution in [0.15, 0.2) is 17.3 Å². The van der Waals surface area contributed by atoms with Gasteiger partial charge in [-0.05, 0) is 18.6 Å². The number of methoxy groups -OCH3 is 1. The van der Waals surface area contributed by atoms with Crippen LogP contribution >= 0.6 is 11.8 Å². The number of aromatic nitrogens is 1. The number of hydrogen-bond acceptors (Lipinski definition) is 5. The standard InChI is InChI=1S/C10H14N2O2S/c1-7-6-12-9(5-8(7)11)15-4-3-10(13)14-2/h5-6H,3-4H2,1-2H3,(H2,11,12). The van der Waals surface area contributed by atoms with Gasteiger partial charge in [-0.1, -0.05) is 0 Å². The van der Waals surface area contributed by atoms with Crippen LogP contribution in [-0.2, 0) is 9.53 Å². The highest BCUT2D eigenvalue weighted by molar-refractivity contribution is 7.99. The Hall–Kier alpha value is -1.23. The molecule has 82 valence electrons. The summed E-state index contributed by atoms with van der Waals surface area (Å²) in [4.78, 5) is 15.0. The Balaban J connectivity index is 2.44. The van der Waals surface area contributed by atoms with Gasteiger partial charge in [-0.25, -0.2) is 4.98 Å². The van der Waals surface area contributed by atoms with Crippen LogP contribution < -0.4 is 5.73 Å². The number of carbonyl (C=O) groups is 1. The molecule has 0 amide bonds. The number of anilines is 1. The van der Waals surface area contributed by atoms with E-state index in [0.717, 1.165) is 16.3 Å². The molecule has 0 saturated carbocycles. The molecule has 0 aromatic carbocycles. The first-order chi connectivity index (χ1) is 7.13. The summed E-state index contributed by atoms with van der Waals surface area (Å²) >= 11 is 1.50. The number of aryl methyl sites for hydroxylation is 1. The number of nitrogens with two attached hydrogens (primary N) is 1. The fraction of sp³-hybridized carbons (Fsp3) is 0.400. The quantitative estimate of drug-likeness (QED) is 0.624. The minimum absolute atomic E-state index is 0.206. The van der Waals surface area contributed by atoms with E-state index in [2.05, 4.69) is 9.72 Å². The molecule has 0 spiro atoms. The molecule has 0 atom stereocenters. The molecule has 0 aliphatic rings. The van der Waals surface area contributed by atoms with Crippen LogP contribution in [0.25, 0.3) is 0 Å². The summed E-state index contributed by atoms with van der Waals surface area (Å²) in [5.74, 6) is 0.449. The lowest BCUT2D eigenvalue weighted by Gasteiger charge is -2.03. The second kappa shape index (κ2) is 5.60. The highest BCUT2D eigenvalue weighted by atomic mass is 32.2. The highest BCUT2D eigenvalue weighted by Crippen LogP contribution is 2.20. The van der Waals surface area contributed by atoms with Gasteiger partial charge in [-0.15, -0.1) is 11.8 Å². The minimum atomic E-state index is -0.206. The average Bonchev–Trinajstić information content (AvgIpc) is 2.23.